The van der Waals surface area contributed by atoms with Crippen LogP contribution in [0, 0.1) is 0 Å². The van der Waals surface area contributed by atoms with Gasteiger partial charge < -0.3 is 65.1 Å². The van der Waals surface area contributed by atoms with Gasteiger partial charge in [0.25, 0.3) is 0 Å². The molecule has 2 rings (SSSR count). The topological polar surface area (TPSA) is 228 Å². The van der Waals surface area contributed by atoms with Gasteiger partial charge in [0.15, 0.2) is 12.6 Å². The van der Waals surface area contributed by atoms with E-state index >= 15 is 0 Å². The van der Waals surface area contributed by atoms with Crippen LogP contribution in [0.5, 0.6) is 0 Å². The van der Waals surface area contributed by atoms with E-state index in [-0.39, 0.29) is 12.5 Å². The maximum atomic E-state index is 13.3. The molecule has 0 saturated carbocycles. The van der Waals surface area contributed by atoms with Crippen molar-refractivity contribution in [2.75, 3.05) is 19.8 Å². The van der Waals surface area contributed by atoms with E-state index in [9.17, 15) is 45.6 Å². The highest BCUT2D eigenvalue weighted by Gasteiger charge is 2.51. The molecule has 442 valence electrons. The summed E-state index contributed by atoms with van der Waals surface area (Å²) in [7, 11) is 0. The van der Waals surface area contributed by atoms with Crippen molar-refractivity contribution < 1.29 is 64.6 Å². The number of aliphatic hydroxyl groups excluding tert-OH is 8. The monoisotopic (exact) mass is 1070 g/mol. The molecule has 9 N–H and O–H groups in total. The van der Waals surface area contributed by atoms with Crippen LogP contribution in [-0.2, 0) is 23.7 Å². The lowest BCUT2D eigenvalue weighted by Crippen LogP contribution is -2.65. The van der Waals surface area contributed by atoms with Crippen LogP contribution in [0.2, 0.25) is 0 Å². The Hall–Kier alpha value is -1.53. The summed E-state index contributed by atoms with van der Waals surface area (Å²) in [5.74, 6) is -0.204. The number of nitrogens with one attached hydrogen (secondary N) is 1. The largest absolute Gasteiger partial charge is 0.394 e. The van der Waals surface area contributed by atoms with E-state index in [0.29, 0.717) is 12.8 Å². The van der Waals surface area contributed by atoms with Gasteiger partial charge in [-0.2, -0.15) is 0 Å². The first-order valence-corrected chi connectivity index (χ1v) is 31.1. The normalized spacial score (nSPS) is 25.1. The molecule has 0 bridgehead atoms. The van der Waals surface area contributed by atoms with Crippen LogP contribution in [0.3, 0.4) is 0 Å². The fraction of sp³-hybridized carbons (Fsp3) is 0.918. The number of hydrogen-bond donors (Lipinski definition) is 9. The van der Waals surface area contributed by atoms with Crippen LogP contribution < -0.4 is 5.32 Å². The predicted octanol–water partition coefficient (Wildman–Crippen LogP) is 10.8. The van der Waals surface area contributed by atoms with Gasteiger partial charge in [-0.3, -0.25) is 4.79 Å². The smallest absolute Gasteiger partial charge is 0.220 e. The first-order valence-electron chi connectivity index (χ1n) is 31.1. The molecule has 2 fully saturated rings. The average Bonchev–Trinajstić information content (AvgIpc) is 3.41. The predicted molar refractivity (Wildman–Crippen MR) is 300 cm³/mol. The van der Waals surface area contributed by atoms with E-state index in [1.165, 1.54) is 180 Å². The molecule has 0 aromatic carbocycles. The highest BCUT2D eigenvalue weighted by molar-refractivity contribution is 5.76. The Morgan fingerprint density at radius 2 is 0.880 bits per heavy atom. The molecule has 0 aromatic rings. The van der Waals surface area contributed by atoms with Gasteiger partial charge in [-0.25, -0.2) is 0 Å². The molecule has 0 spiro atoms. The zero-order valence-electron chi connectivity index (χ0n) is 47.6. The van der Waals surface area contributed by atoms with Gasteiger partial charge in [0.2, 0.25) is 5.91 Å². The van der Waals surface area contributed by atoms with Crippen molar-refractivity contribution in [3.8, 4) is 0 Å². The summed E-state index contributed by atoms with van der Waals surface area (Å²) in [5, 5.41) is 87.2. The summed E-state index contributed by atoms with van der Waals surface area (Å²) < 4.78 is 22.8. The van der Waals surface area contributed by atoms with Gasteiger partial charge in [0.05, 0.1) is 32.0 Å². The van der Waals surface area contributed by atoms with Gasteiger partial charge in [-0.15, -0.1) is 0 Å². The van der Waals surface area contributed by atoms with Crippen LogP contribution in [0.4, 0.5) is 0 Å². The Balaban J connectivity index is 1.65. The van der Waals surface area contributed by atoms with Crippen molar-refractivity contribution in [2.24, 2.45) is 0 Å². The van der Waals surface area contributed by atoms with E-state index in [0.717, 1.165) is 57.8 Å². The third-order valence-electron chi connectivity index (χ3n) is 15.4. The SMILES string of the molecule is CCCCCCC/C=C\C/C=C\CCCCCCCCCCCCCCCCCCCC(=O)NC(COC1OC(CO)C(OC2OC(CO)C(O)C(O)C2O)C(O)C1O)C(O)CCCCCCCCCCCCCC. The van der Waals surface area contributed by atoms with Gasteiger partial charge in [-0.1, -0.05) is 237 Å². The maximum Gasteiger partial charge on any atom is 0.220 e. The van der Waals surface area contributed by atoms with Crippen LogP contribution in [0.1, 0.15) is 264 Å². The molecule has 2 saturated heterocycles. The standard InChI is InChI=1S/C61H115NO13/c1-3-5-7-9-11-13-15-17-18-19-20-21-22-23-24-25-26-27-28-29-30-31-32-33-35-37-39-41-43-45-53(66)62-49(50(65)44-42-40-38-36-34-16-14-12-10-8-6-4-2)48-72-60-58(71)56(69)59(52(47-64)74-60)75-61-57(70)55(68)54(67)51(46-63)73-61/h15,17,19-20,49-52,54-61,63-65,67-71H,3-14,16,18,21-48H2,1-2H3,(H,62,66)/b17-15-,20-19-. The van der Waals surface area contributed by atoms with Crippen molar-refractivity contribution in [3.05, 3.63) is 24.3 Å². The van der Waals surface area contributed by atoms with Crippen LogP contribution in [-0.4, -0.2) is 140 Å². The highest BCUT2D eigenvalue weighted by Crippen LogP contribution is 2.30. The van der Waals surface area contributed by atoms with Crippen molar-refractivity contribution in [1.29, 1.82) is 0 Å². The van der Waals surface area contributed by atoms with Gasteiger partial charge in [0.1, 0.15) is 48.8 Å². The maximum absolute atomic E-state index is 13.3. The zero-order chi connectivity index (χ0) is 54.6. The summed E-state index contributed by atoms with van der Waals surface area (Å²) in [6, 6.07) is -0.825. The second kappa shape index (κ2) is 47.3. The Bertz CT molecular complexity index is 1350. The van der Waals surface area contributed by atoms with E-state index < -0.39 is 86.8 Å². The summed E-state index contributed by atoms with van der Waals surface area (Å²) in [4.78, 5) is 13.3. The molecule has 2 aliphatic heterocycles. The molecular weight excluding hydrogens is 955 g/mol. The molecule has 75 heavy (non-hydrogen) atoms. The Kier molecular flexibility index (Phi) is 43.9. The zero-order valence-corrected chi connectivity index (χ0v) is 47.6. The van der Waals surface area contributed by atoms with E-state index in [1.807, 2.05) is 0 Å². The lowest BCUT2D eigenvalue weighted by atomic mass is 9.97. The Morgan fingerprint density at radius 3 is 1.33 bits per heavy atom. The minimum atomic E-state index is -1.78. The summed E-state index contributed by atoms with van der Waals surface area (Å²) in [5.41, 5.74) is 0. The Morgan fingerprint density at radius 1 is 0.480 bits per heavy atom. The minimum absolute atomic E-state index is 0.204. The third kappa shape index (κ3) is 33.0. The third-order valence-corrected chi connectivity index (χ3v) is 15.4. The molecule has 14 nitrogen and oxygen atoms in total. The number of rotatable bonds is 50. The lowest BCUT2D eigenvalue weighted by molar-refractivity contribution is -0.359. The first kappa shape index (κ1) is 69.6. The summed E-state index contributed by atoms with van der Waals surface area (Å²) >= 11 is 0. The van der Waals surface area contributed by atoms with Crippen molar-refractivity contribution >= 4 is 5.91 Å². The fourth-order valence-electron chi connectivity index (χ4n) is 10.4. The van der Waals surface area contributed by atoms with Gasteiger partial charge in [0, 0.05) is 6.42 Å². The molecule has 2 heterocycles. The molecular formula is C61H115NO13. The average molecular weight is 1070 g/mol. The van der Waals surface area contributed by atoms with Gasteiger partial charge in [-0.05, 0) is 44.9 Å². The van der Waals surface area contributed by atoms with Crippen LogP contribution in [0.15, 0.2) is 24.3 Å². The molecule has 0 aromatic heterocycles. The van der Waals surface area contributed by atoms with Crippen molar-refractivity contribution in [2.45, 2.75) is 338 Å². The van der Waals surface area contributed by atoms with Gasteiger partial charge >= 0.3 is 0 Å². The van der Waals surface area contributed by atoms with E-state index in [2.05, 4.69) is 43.5 Å². The molecule has 12 unspecified atom stereocenters. The minimum Gasteiger partial charge on any atom is -0.394 e. The number of carbonyl (C=O) groups excluding carboxylic acids is 1. The second-order valence-electron chi connectivity index (χ2n) is 22.2. The Labute approximate surface area is 456 Å². The van der Waals surface area contributed by atoms with E-state index in [4.69, 9.17) is 18.9 Å². The van der Waals surface area contributed by atoms with Crippen LogP contribution >= 0.6 is 0 Å². The number of allylic oxidation sites excluding steroid dienone is 4. The fourth-order valence-corrected chi connectivity index (χ4v) is 10.4. The summed E-state index contributed by atoms with van der Waals surface area (Å²) in [6.45, 7) is 2.86. The van der Waals surface area contributed by atoms with Crippen LogP contribution in [0.25, 0.3) is 0 Å². The van der Waals surface area contributed by atoms with Crippen molar-refractivity contribution in [3.63, 3.8) is 0 Å². The highest BCUT2D eigenvalue weighted by atomic mass is 16.7. The molecule has 2 aliphatic rings. The molecule has 1 amide bonds. The van der Waals surface area contributed by atoms with E-state index in [1.54, 1.807) is 0 Å². The lowest BCUT2D eigenvalue weighted by Gasteiger charge is -2.46. The number of carbonyl (C=O) groups is 1. The quantitative estimate of drug-likeness (QED) is 0.0204. The second-order valence-corrected chi connectivity index (χ2v) is 22.2. The number of amides is 1. The number of hydrogen-bond acceptors (Lipinski definition) is 13. The van der Waals surface area contributed by atoms with Crippen molar-refractivity contribution in [1.82, 2.24) is 5.32 Å². The molecule has 0 aliphatic carbocycles. The first-order chi connectivity index (χ1) is 36.6. The number of ether oxygens (including phenoxy) is 4. The molecule has 12 atom stereocenters. The molecule has 14 heteroatoms. The number of aliphatic hydroxyl groups is 8. The number of unbranched alkanes of at least 4 members (excludes halogenated alkanes) is 33. The molecule has 0 radical (unpaired) electrons. The summed E-state index contributed by atoms with van der Waals surface area (Å²) in [6.07, 6.45) is 39.1.